The molecule has 1 N–H and O–H groups in total. The number of aromatic nitrogens is 7. The standard InChI is InChI=1S/C22H29ClN8O6S/c1-12(2)37-17(18-24-8-15(23)9-25-18)13(3)38(32,33)30-22-29-28-19(14-6-7-36-10-14)31(22)16-20(34-4)26-11-27-21(16)35-5/h8-9,11-14,17H,6-7,10H2,1-5H3,(H,29,30)/t13-,14-,17?/m0/s1. The normalized spacial score (nSPS) is 17.4. The Balaban J connectivity index is 1.78. The number of nitrogens with one attached hydrogen (secondary N) is 1. The van der Waals surface area contributed by atoms with E-state index < -0.39 is 21.4 Å². The average molecular weight is 569 g/mol. The molecule has 0 aromatic carbocycles. The van der Waals surface area contributed by atoms with Crippen LogP contribution in [0.3, 0.4) is 0 Å². The molecule has 3 aromatic heterocycles. The summed E-state index contributed by atoms with van der Waals surface area (Å²) >= 11 is 5.93. The lowest BCUT2D eigenvalue weighted by molar-refractivity contribution is 0.00154. The molecular weight excluding hydrogens is 540 g/mol. The summed E-state index contributed by atoms with van der Waals surface area (Å²) in [5.41, 5.74) is 0.241. The Bertz CT molecular complexity index is 1330. The molecule has 1 saturated heterocycles. The van der Waals surface area contributed by atoms with Crippen molar-refractivity contribution in [1.29, 1.82) is 0 Å². The van der Waals surface area contributed by atoms with E-state index in [0.29, 0.717) is 30.5 Å². The van der Waals surface area contributed by atoms with Crippen LogP contribution >= 0.6 is 11.6 Å². The van der Waals surface area contributed by atoms with Crippen molar-refractivity contribution in [3.8, 4) is 17.4 Å². The zero-order valence-corrected chi connectivity index (χ0v) is 23.1. The predicted octanol–water partition coefficient (Wildman–Crippen LogP) is 2.32. The van der Waals surface area contributed by atoms with E-state index in [0.717, 1.165) is 0 Å². The predicted molar refractivity (Wildman–Crippen MR) is 136 cm³/mol. The molecule has 4 heterocycles. The van der Waals surface area contributed by atoms with Crippen molar-refractivity contribution in [2.24, 2.45) is 0 Å². The van der Waals surface area contributed by atoms with Crippen molar-refractivity contribution in [3.05, 3.63) is 35.4 Å². The van der Waals surface area contributed by atoms with E-state index in [1.165, 1.54) is 44.4 Å². The monoisotopic (exact) mass is 568 g/mol. The van der Waals surface area contributed by atoms with E-state index in [9.17, 15) is 8.42 Å². The first-order valence-corrected chi connectivity index (χ1v) is 13.7. The van der Waals surface area contributed by atoms with Gasteiger partial charge in [-0.2, -0.15) is 9.97 Å². The van der Waals surface area contributed by atoms with Crippen LogP contribution in [0.2, 0.25) is 5.02 Å². The highest BCUT2D eigenvalue weighted by Gasteiger charge is 2.37. The van der Waals surface area contributed by atoms with Gasteiger partial charge < -0.3 is 18.9 Å². The van der Waals surface area contributed by atoms with Crippen LogP contribution in [-0.4, -0.2) is 81.9 Å². The first-order valence-electron chi connectivity index (χ1n) is 11.8. The van der Waals surface area contributed by atoms with Gasteiger partial charge in [0.15, 0.2) is 11.5 Å². The highest BCUT2D eigenvalue weighted by Crippen LogP contribution is 2.36. The van der Waals surface area contributed by atoms with Crippen LogP contribution in [0.25, 0.3) is 5.69 Å². The van der Waals surface area contributed by atoms with E-state index in [-0.39, 0.29) is 41.2 Å². The minimum absolute atomic E-state index is 0.106. The third kappa shape index (κ3) is 5.80. The molecule has 3 aromatic rings. The van der Waals surface area contributed by atoms with Crippen LogP contribution in [0.5, 0.6) is 11.8 Å². The van der Waals surface area contributed by atoms with Crippen LogP contribution < -0.4 is 14.2 Å². The number of hydrogen-bond acceptors (Lipinski definition) is 12. The van der Waals surface area contributed by atoms with Gasteiger partial charge in [-0.1, -0.05) is 11.6 Å². The van der Waals surface area contributed by atoms with Gasteiger partial charge in [-0.05, 0) is 27.2 Å². The summed E-state index contributed by atoms with van der Waals surface area (Å²) < 4.78 is 53.8. The van der Waals surface area contributed by atoms with Crippen molar-refractivity contribution in [2.45, 2.75) is 50.6 Å². The van der Waals surface area contributed by atoms with Gasteiger partial charge in [0.05, 0.1) is 32.0 Å². The van der Waals surface area contributed by atoms with Crippen molar-refractivity contribution >= 4 is 27.6 Å². The number of sulfonamides is 1. The minimum Gasteiger partial charge on any atom is -0.479 e. The molecule has 3 atom stereocenters. The molecular formula is C22H29ClN8O6S. The zero-order chi connectivity index (χ0) is 27.4. The number of methoxy groups -OCH3 is 2. The van der Waals surface area contributed by atoms with E-state index in [1.54, 1.807) is 13.8 Å². The second-order valence-electron chi connectivity index (χ2n) is 8.74. The van der Waals surface area contributed by atoms with Gasteiger partial charge in [-0.3, -0.25) is 9.29 Å². The fourth-order valence-corrected chi connectivity index (χ4v) is 5.13. The highest BCUT2D eigenvalue weighted by atomic mass is 35.5. The maximum atomic E-state index is 13.7. The van der Waals surface area contributed by atoms with Crippen LogP contribution in [-0.2, 0) is 19.5 Å². The average Bonchev–Trinajstić information content (AvgIpc) is 3.56. The Hall–Kier alpha value is -3.14. The lowest BCUT2D eigenvalue weighted by Gasteiger charge is -2.25. The molecule has 206 valence electrons. The van der Waals surface area contributed by atoms with Crippen LogP contribution in [0.15, 0.2) is 18.7 Å². The highest BCUT2D eigenvalue weighted by molar-refractivity contribution is 7.93. The molecule has 1 aliphatic heterocycles. The Labute approximate surface area is 225 Å². The van der Waals surface area contributed by atoms with Gasteiger partial charge in [-0.25, -0.2) is 18.4 Å². The summed E-state index contributed by atoms with van der Waals surface area (Å²) in [6, 6.07) is 0. The van der Waals surface area contributed by atoms with E-state index >= 15 is 0 Å². The third-order valence-corrected chi connectivity index (χ3v) is 7.70. The molecule has 0 aliphatic carbocycles. The molecule has 0 saturated carbocycles. The lowest BCUT2D eigenvalue weighted by atomic mass is 10.1. The smallest absolute Gasteiger partial charge is 0.245 e. The topological polar surface area (TPSA) is 165 Å². The van der Waals surface area contributed by atoms with Crippen LogP contribution in [0.4, 0.5) is 5.95 Å². The van der Waals surface area contributed by atoms with Crippen molar-refractivity contribution in [2.75, 3.05) is 32.2 Å². The van der Waals surface area contributed by atoms with Crippen LogP contribution in [0, 0.1) is 0 Å². The summed E-state index contributed by atoms with van der Waals surface area (Å²) in [6.45, 7) is 5.99. The van der Waals surface area contributed by atoms with Crippen molar-refractivity contribution in [3.63, 3.8) is 0 Å². The third-order valence-electron chi connectivity index (χ3n) is 5.81. The number of rotatable bonds is 11. The fraction of sp³-hybridized carbons (Fsp3) is 0.545. The first-order chi connectivity index (χ1) is 18.2. The van der Waals surface area contributed by atoms with Gasteiger partial charge in [0.25, 0.3) is 0 Å². The van der Waals surface area contributed by atoms with Gasteiger partial charge in [0.1, 0.15) is 23.5 Å². The Kier molecular flexibility index (Phi) is 8.60. The fourth-order valence-electron chi connectivity index (χ4n) is 3.95. The Morgan fingerprint density at radius 1 is 1.08 bits per heavy atom. The van der Waals surface area contributed by atoms with Gasteiger partial charge in [-0.15, -0.1) is 10.2 Å². The SMILES string of the molecule is COc1ncnc(OC)c1-n1c(NS(=O)(=O)[C@@H](C)C(OC(C)C)c2ncc(Cl)cn2)nnc1[C@H]1CCOC1. The maximum absolute atomic E-state index is 13.7. The Morgan fingerprint density at radius 2 is 1.74 bits per heavy atom. The molecule has 0 bridgehead atoms. The summed E-state index contributed by atoms with van der Waals surface area (Å²) in [5.74, 6) is 0.626. The molecule has 0 radical (unpaired) electrons. The van der Waals surface area contributed by atoms with Gasteiger partial charge in [0.2, 0.25) is 27.7 Å². The number of ether oxygens (including phenoxy) is 4. The molecule has 38 heavy (non-hydrogen) atoms. The molecule has 0 amide bonds. The largest absolute Gasteiger partial charge is 0.479 e. The second kappa shape index (κ2) is 11.7. The maximum Gasteiger partial charge on any atom is 0.245 e. The molecule has 1 fully saturated rings. The molecule has 1 unspecified atom stereocenters. The molecule has 4 rings (SSSR count). The quantitative estimate of drug-likeness (QED) is 0.359. The number of halogens is 1. The van der Waals surface area contributed by atoms with Crippen molar-refractivity contribution in [1.82, 2.24) is 34.7 Å². The van der Waals surface area contributed by atoms with Gasteiger partial charge in [0, 0.05) is 24.9 Å². The van der Waals surface area contributed by atoms with E-state index in [1.807, 2.05) is 0 Å². The number of hydrogen-bond donors (Lipinski definition) is 1. The minimum atomic E-state index is -4.16. The zero-order valence-electron chi connectivity index (χ0n) is 21.5. The van der Waals surface area contributed by atoms with E-state index in [4.69, 9.17) is 30.5 Å². The van der Waals surface area contributed by atoms with Gasteiger partial charge >= 0.3 is 0 Å². The summed E-state index contributed by atoms with van der Waals surface area (Å²) in [5, 5.41) is 7.64. The van der Waals surface area contributed by atoms with Crippen LogP contribution in [0.1, 0.15) is 50.9 Å². The molecule has 16 heteroatoms. The summed E-state index contributed by atoms with van der Waals surface area (Å²) in [6.07, 6.45) is 3.38. The molecule has 14 nitrogen and oxygen atoms in total. The Morgan fingerprint density at radius 3 is 2.29 bits per heavy atom. The summed E-state index contributed by atoms with van der Waals surface area (Å²) in [7, 11) is -1.30. The first kappa shape index (κ1) is 27.9. The lowest BCUT2D eigenvalue weighted by Crippen LogP contribution is -2.35. The summed E-state index contributed by atoms with van der Waals surface area (Å²) in [4.78, 5) is 16.7. The van der Waals surface area contributed by atoms with Crippen molar-refractivity contribution < 1.29 is 27.4 Å². The molecule has 1 aliphatic rings. The van der Waals surface area contributed by atoms with E-state index in [2.05, 4.69) is 34.9 Å². The number of nitrogens with zero attached hydrogens (tertiary/aromatic N) is 7. The second-order valence-corrected chi connectivity index (χ2v) is 11.2. The molecule has 0 spiro atoms. The number of anilines is 1.